The normalized spacial score (nSPS) is 45.5. The lowest BCUT2D eigenvalue weighted by Crippen LogP contribution is -2.61. The van der Waals surface area contributed by atoms with Gasteiger partial charge in [-0.2, -0.15) is 0 Å². The van der Waals surface area contributed by atoms with Gasteiger partial charge in [0.15, 0.2) is 5.79 Å². The Kier molecular flexibility index (Phi) is 12.4. The van der Waals surface area contributed by atoms with Gasteiger partial charge in [0.05, 0.1) is 18.1 Å². The fourth-order valence-electron chi connectivity index (χ4n) is 11.3. The average Bonchev–Trinajstić information content (AvgIpc) is 3.60. The van der Waals surface area contributed by atoms with E-state index in [4.69, 9.17) is 19.3 Å². The van der Waals surface area contributed by atoms with Crippen LogP contribution < -0.4 is 0 Å². The van der Waals surface area contributed by atoms with E-state index in [1.165, 1.54) is 44.9 Å². The monoisotopic (exact) mass is 606 g/mol. The van der Waals surface area contributed by atoms with E-state index in [0.717, 1.165) is 44.6 Å². The van der Waals surface area contributed by atoms with Gasteiger partial charge in [-0.15, -0.1) is 6.58 Å². The Hall–Kier alpha value is -0.950. The third kappa shape index (κ3) is 6.65. The molecular weight excluding hydrogens is 540 g/mol. The zero-order chi connectivity index (χ0) is 32.2. The first kappa shape index (κ1) is 36.5. The molecule has 5 saturated carbocycles. The van der Waals surface area contributed by atoms with Gasteiger partial charge in [-0.25, -0.2) is 0 Å². The number of esters is 1. The van der Waals surface area contributed by atoms with Crippen molar-refractivity contribution in [3.05, 3.63) is 12.7 Å². The predicted octanol–water partition coefficient (Wildman–Crippen LogP) is 7.94. The lowest BCUT2D eigenvalue weighted by molar-refractivity contribution is -0.202. The van der Waals surface area contributed by atoms with Gasteiger partial charge >= 0.3 is 5.97 Å². The van der Waals surface area contributed by atoms with Crippen LogP contribution in [0.2, 0.25) is 0 Å². The molecule has 0 spiro atoms. The second-order valence-electron chi connectivity index (χ2n) is 15.2. The predicted molar refractivity (Wildman–Crippen MR) is 173 cm³/mol. The number of hydrogen-bond donors (Lipinski definition) is 2. The molecule has 6 aliphatic rings. The Morgan fingerprint density at radius 1 is 0.907 bits per heavy atom. The summed E-state index contributed by atoms with van der Waals surface area (Å²) in [7, 11) is 1.00. The van der Waals surface area contributed by atoms with Crippen LogP contribution in [-0.4, -0.2) is 54.5 Å². The van der Waals surface area contributed by atoms with Crippen molar-refractivity contribution in [3.63, 3.8) is 0 Å². The van der Waals surface area contributed by atoms with Crippen LogP contribution in [0.5, 0.6) is 0 Å². The molecule has 6 fully saturated rings. The molecule has 1 saturated heterocycles. The highest BCUT2D eigenvalue weighted by atomic mass is 16.7. The third-order valence-electron chi connectivity index (χ3n) is 12.9. The van der Waals surface area contributed by atoms with E-state index in [0.29, 0.717) is 47.7 Å². The maximum absolute atomic E-state index is 13.7. The van der Waals surface area contributed by atoms with Crippen molar-refractivity contribution in [2.45, 2.75) is 144 Å². The highest BCUT2D eigenvalue weighted by Crippen LogP contribution is 2.71. The number of carbonyl (C=O) groups excluding carboxylic acids is 1. The highest BCUT2D eigenvalue weighted by Gasteiger charge is 2.66. The lowest BCUT2D eigenvalue weighted by Gasteiger charge is -2.67. The van der Waals surface area contributed by atoms with Gasteiger partial charge in [-0.1, -0.05) is 47.1 Å². The van der Waals surface area contributed by atoms with Crippen LogP contribution >= 0.6 is 0 Å². The summed E-state index contributed by atoms with van der Waals surface area (Å²) < 4.78 is 17.6. The zero-order valence-corrected chi connectivity index (χ0v) is 29.1. The highest BCUT2D eigenvalue weighted by molar-refractivity contribution is 5.78. The second-order valence-corrected chi connectivity index (χ2v) is 15.2. The van der Waals surface area contributed by atoms with Gasteiger partial charge in [-0.3, -0.25) is 4.79 Å². The molecule has 0 aromatic rings. The molecule has 11 unspecified atom stereocenters. The van der Waals surface area contributed by atoms with Crippen LogP contribution in [0.15, 0.2) is 12.7 Å². The lowest BCUT2D eigenvalue weighted by atomic mass is 9.37. The smallest absolute Gasteiger partial charge is 0.312 e. The van der Waals surface area contributed by atoms with Crippen LogP contribution in [0.1, 0.15) is 126 Å². The van der Waals surface area contributed by atoms with Crippen LogP contribution in [0.25, 0.3) is 0 Å². The number of allylic oxidation sites excluding steroid dienone is 1. The molecule has 43 heavy (non-hydrogen) atoms. The second kappa shape index (κ2) is 14.6. The molecule has 0 bridgehead atoms. The number of rotatable bonds is 3. The number of carbonyl (C=O) groups is 1. The molecule has 1 aliphatic heterocycles. The molecule has 0 radical (unpaired) electrons. The molecule has 2 N–H and O–H groups in total. The number of fused-ring (bicyclic) bond motifs is 7. The van der Waals surface area contributed by atoms with Crippen LogP contribution in [0, 0.1) is 51.8 Å². The standard InChI is InChI=1S/C31H50O5.C3H6.C2H6.CH4O/c1-19-22-10-14-30(5)23-11-16-31(27(33)34-17-20-18-35-28(2,3)36-20)13-6-7-24(31)21(23)8-9-26(30)29(22,4)15-12-25(19)32;1-3-2;2*1-2/h19-26,32H,6-18H2,1-5H3;3H,1H2,2H3;1-2H3;2H,1H3. The minimum Gasteiger partial charge on any atom is -0.462 e. The summed E-state index contributed by atoms with van der Waals surface area (Å²) >= 11 is 0. The third-order valence-corrected chi connectivity index (χ3v) is 12.9. The quantitative estimate of drug-likeness (QED) is 0.251. The largest absolute Gasteiger partial charge is 0.462 e. The maximum Gasteiger partial charge on any atom is 0.312 e. The fraction of sp³-hybridized carbons (Fsp3) is 0.919. The van der Waals surface area contributed by atoms with Crippen LogP contribution in [0.4, 0.5) is 0 Å². The Morgan fingerprint density at radius 2 is 1.51 bits per heavy atom. The SMILES string of the molecule is C=CC.CC.CC1C(O)CCC2(C)C1CCC1(C)C3CCC4(C(=O)OCC5COC(C)(C)O5)CCCC4C3CCC21.CO. The minimum absolute atomic E-state index is 0.0507. The van der Waals surface area contributed by atoms with E-state index in [-0.39, 0.29) is 23.6 Å². The molecule has 1 heterocycles. The van der Waals surface area contributed by atoms with E-state index in [1.807, 2.05) is 34.6 Å². The molecule has 5 aliphatic carbocycles. The molecule has 11 atom stereocenters. The molecule has 6 rings (SSSR count). The van der Waals surface area contributed by atoms with Crippen molar-refractivity contribution in [1.29, 1.82) is 0 Å². The number of hydrogen-bond acceptors (Lipinski definition) is 6. The Balaban J connectivity index is 0.000000670. The van der Waals surface area contributed by atoms with E-state index in [9.17, 15) is 9.90 Å². The summed E-state index contributed by atoms with van der Waals surface area (Å²) in [5.41, 5.74) is 0.455. The van der Waals surface area contributed by atoms with Crippen LogP contribution in [-0.2, 0) is 19.0 Å². The summed E-state index contributed by atoms with van der Waals surface area (Å²) in [6, 6.07) is 0. The fourth-order valence-corrected chi connectivity index (χ4v) is 11.3. The first-order valence-electron chi connectivity index (χ1n) is 17.6. The summed E-state index contributed by atoms with van der Waals surface area (Å²) in [6.07, 6.45) is 14.3. The molecule has 0 aromatic carbocycles. The van der Waals surface area contributed by atoms with Crippen LogP contribution in [0.3, 0.4) is 0 Å². The first-order chi connectivity index (χ1) is 20.4. The number of aliphatic hydroxyl groups excluding tert-OH is 2. The Morgan fingerprint density at radius 3 is 2.14 bits per heavy atom. The zero-order valence-electron chi connectivity index (χ0n) is 29.1. The Labute approximate surface area is 263 Å². The van der Waals surface area contributed by atoms with Gasteiger partial charge in [0.1, 0.15) is 12.7 Å². The van der Waals surface area contributed by atoms with E-state index >= 15 is 0 Å². The summed E-state index contributed by atoms with van der Waals surface area (Å²) in [5.74, 6) is 3.18. The Bertz CT molecular complexity index is 919. The van der Waals surface area contributed by atoms with E-state index < -0.39 is 5.79 Å². The van der Waals surface area contributed by atoms with Gasteiger partial charge in [-0.05, 0) is 131 Å². The van der Waals surface area contributed by atoms with Gasteiger partial charge in [0, 0.05) is 7.11 Å². The topological polar surface area (TPSA) is 85.2 Å². The van der Waals surface area contributed by atoms with E-state index in [1.54, 1.807) is 6.08 Å². The average molecular weight is 607 g/mol. The summed E-state index contributed by atoms with van der Waals surface area (Å²) in [6.45, 7) is 21.4. The van der Waals surface area contributed by atoms with Crippen molar-refractivity contribution in [2.24, 2.45) is 51.8 Å². The van der Waals surface area contributed by atoms with Gasteiger partial charge in [0.25, 0.3) is 0 Å². The number of aliphatic hydroxyl groups is 2. The maximum atomic E-state index is 13.7. The molecule has 250 valence electrons. The molecular formula is C37H66O6. The molecule has 0 amide bonds. The molecule has 0 aromatic heterocycles. The molecule has 6 nitrogen and oxygen atoms in total. The number of ether oxygens (including phenoxy) is 3. The van der Waals surface area contributed by atoms with Gasteiger partial charge < -0.3 is 24.4 Å². The van der Waals surface area contributed by atoms with Crippen molar-refractivity contribution in [1.82, 2.24) is 0 Å². The van der Waals surface area contributed by atoms with Crippen molar-refractivity contribution < 1.29 is 29.2 Å². The van der Waals surface area contributed by atoms with Gasteiger partial charge in [0.2, 0.25) is 0 Å². The van der Waals surface area contributed by atoms with Crippen molar-refractivity contribution in [3.8, 4) is 0 Å². The van der Waals surface area contributed by atoms with Crippen molar-refractivity contribution in [2.75, 3.05) is 20.3 Å². The van der Waals surface area contributed by atoms with E-state index in [2.05, 4.69) is 27.4 Å². The summed E-state index contributed by atoms with van der Waals surface area (Å²) in [5, 5.41) is 17.6. The minimum atomic E-state index is -0.582. The molecule has 6 heteroatoms. The first-order valence-corrected chi connectivity index (χ1v) is 17.6. The van der Waals surface area contributed by atoms with Crippen molar-refractivity contribution >= 4 is 5.97 Å². The summed E-state index contributed by atoms with van der Waals surface area (Å²) in [4.78, 5) is 13.7.